The van der Waals surface area contributed by atoms with E-state index in [0.717, 1.165) is 16.9 Å². The Morgan fingerprint density at radius 1 is 1.14 bits per heavy atom. The summed E-state index contributed by atoms with van der Waals surface area (Å²) in [6.45, 7) is 3.61. The molecule has 5 heteroatoms. The Morgan fingerprint density at radius 2 is 1.86 bits per heavy atom. The van der Waals surface area contributed by atoms with Crippen LogP contribution in [0.2, 0.25) is 0 Å². The van der Waals surface area contributed by atoms with Gasteiger partial charge >= 0.3 is 0 Å². The predicted octanol–water partition coefficient (Wildman–Crippen LogP) is 3.55. The lowest BCUT2D eigenvalue weighted by Crippen LogP contribution is -2.54. The van der Waals surface area contributed by atoms with Gasteiger partial charge in [-0.3, -0.25) is 9.69 Å². The lowest BCUT2D eigenvalue weighted by atomic mass is 9.99. The Balaban J connectivity index is 2.14. The zero-order valence-electron chi connectivity index (χ0n) is 12.5. The number of rotatable bonds is 3. The fourth-order valence-electron chi connectivity index (χ4n) is 2.80. The first-order valence-electron chi connectivity index (χ1n) is 7.20. The van der Waals surface area contributed by atoms with Gasteiger partial charge in [0.25, 0.3) is 5.91 Å². The van der Waals surface area contributed by atoms with Crippen molar-refractivity contribution in [1.29, 1.82) is 0 Å². The van der Waals surface area contributed by atoms with Crippen LogP contribution >= 0.6 is 0 Å². The van der Waals surface area contributed by atoms with Gasteiger partial charge < -0.3 is 5.32 Å². The molecule has 1 heterocycles. The molecule has 0 aromatic heterocycles. The second-order valence-electron chi connectivity index (χ2n) is 5.44. The third kappa shape index (κ3) is 2.24. The van der Waals surface area contributed by atoms with Gasteiger partial charge in [-0.05, 0) is 37.6 Å². The molecule has 3 rings (SSSR count). The molecule has 1 aliphatic heterocycles. The summed E-state index contributed by atoms with van der Waals surface area (Å²) < 4.78 is 0. The molecule has 1 aliphatic rings. The summed E-state index contributed by atoms with van der Waals surface area (Å²) in [5.41, 5.74) is 3.04. The van der Waals surface area contributed by atoms with E-state index in [0.29, 0.717) is 5.56 Å². The molecule has 1 N–H and O–H groups in total. The first kappa shape index (κ1) is 14.3. The minimum absolute atomic E-state index is 0.112. The van der Waals surface area contributed by atoms with Crippen molar-refractivity contribution in [3.05, 3.63) is 64.6 Å². The molecule has 5 nitrogen and oxygen atoms in total. The molecule has 0 saturated heterocycles. The predicted molar refractivity (Wildman–Crippen MR) is 87.1 cm³/mol. The van der Waals surface area contributed by atoms with Crippen LogP contribution in [0, 0.1) is 11.8 Å². The summed E-state index contributed by atoms with van der Waals surface area (Å²) in [6, 6.07) is 14.4. The molecule has 2 aromatic carbocycles. The van der Waals surface area contributed by atoms with Gasteiger partial charge in [-0.15, -0.1) is 0 Å². The highest BCUT2D eigenvalue weighted by atomic mass is 16.3. The Labute approximate surface area is 128 Å². The van der Waals surface area contributed by atoms with Gasteiger partial charge in [0.1, 0.15) is 12.2 Å². The van der Waals surface area contributed by atoms with Crippen molar-refractivity contribution >= 4 is 17.3 Å². The van der Waals surface area contributed by atoms with Crippen molar-refractivity contribution in [2.75, 3.05) is 10.2 Å². The van der Waals surface area contributed by atoms with Crippen LogP contribution in [-0.4, -0.2) is 18.1 Å². The van der Waals surface area contributed by atoms with Gasteiger partial charge in [0.2, 0.25) is 0 Å². The smallest absolute Gasteiger partial charge is 0.262 e. The fraction of sp³-hybridized carbons (Fsp3) is 0.235. The third-order valence-corrected chi connectivity index (χ3v) is 3.94. The minimum Gasteiger partial charge on any atom is -0.362 e. The first-order chi connectivity index (χ1) is 10.6. The summed E-state index contributed by atoms with van der Waals surface area (Å²) >= 11 is 0. The molecule has 0 fully saturated rings. The van der Waals surface area contributed by atoms with E-state index in [1.807, 2.05) is 55.5 Å². The van der Waals surface area contributed by atoms with Gasteiger partial charge in [0.15, 0.2) is 0 Å². The van der Waals surface area contributed by atoms with Crippen LogP contribution in [0.3, 0.4) is 0 Å². The quantitative estimate of drug-likeness (QED) is 0.881. The number of amides is 1. The number of aryl methyl sites for hydroxylation is 1. The van der Waals surface area contributed by atoms with Gasteiger partial charge in [0, 0.05) is 11.4 Å². The molecule has 2 atom stereocenters. The van der Waals surface area contributed by atoms with Crippen LogP contribution < -0.4 is 10.2 Å². The maximum atomic E-state index is 13.0. The number of hydrogen-bond acceptors (Lipinski definition) is 4. The second-order valence-corrected chi connectivity index (χ2v) is 5.44. The second kappa shape index (κ2) is 5.60. The van der Waals surface area contributed by atoms with Crippen LogP contribution in [0.5, 0.6) is 0 Å². The van der Waals surface area contributed by atoms with Crippen LogP contribution in [0.15, 0.2) is 53.7 Å². The highest BCUT2D eigenvalue weighted by Crippen LogP contribution is 2.32. The van der Waals surface area contributed by atoms with Crippen LogP contribution in [0.4, 0.5) is 11.4 Å². The highest BCUT2D eigenvalue weighted by Gasteiger charge is 2.37. The maximum absolute atomic E-state index is 13.0. The number of hydrogen-bond donors (Lipinski definition) is 1. The summed E-state index contributed by atoms with van der Waals surface area (Å²) in [5.74, 6) is -0.112. The van der Waals surface area contributed by atoms with E-state index < -0.39 is 12.2 Å². The Hall–Kier alpha value is -2.69. The first-order valence-corrected chi connectivity index (χ1v) is 7.20. The maximum Gasteiger partial charge on any atom is 0.262 e. The van der Waals surface area contributed by atoms with E-state index in [9.17, 15) is 9.70 Å². The number of fused-ring (bicyclic) bond motifs is 1. The van der Waals surface area contributed by atoms with Crippen molar-refractivity contribution in [3.8, 4) is 0 Å². The number of carbonyl (C=O) groups excluding carboxylic acids is 1. The lowest BCUT2D eigenvalue weighted by molar-refractivity contribution is 0.0971. The molecule has 112 valence electrons. The van der Waals surface area contributed by atoms with E-state index in [4.69, 9.17) is 0 Å². The molecular weight excluding hydrogens is 278 g/mol. The number of carbonyl (C=O) groups is 1. The zero-order chi connectivity index (χ0) is 15.7. The number of anilines is 2. The number of benzene rings is 2. The summed E-state index contributed by atoms with van der Waals surface area (Å²) in [7, 11) is 0. The molecule has 22 heavy (non-hydrogen) atoms. The fourth-order valence-corrected chi connectivity index (χ4v) is 2.80. The van der Waals surface area contributed by atoms with E-state index >= 15 is 0 Å². The topological polar surface area (TPSA) is 61.8 Å². The molecular formula is C17H17N3O2. The van der Waals surface area contributed by atoms with Gasteiger partial charge in [-0.1, -0.05) is 35.5 Å². The number of nitrogens with one attached hydrogen (secondary N) is 1. The number of nitrogens with zero attached hydrogens (tertiary/aromatic N) is 2. The molecule has 0 aliphatic carbocycles. The average Bonchev–Trinajstić information content (AvgIpc) is 2.54. The average molecular weight is 295 g/mol. The number of nitroso groups, excluding NO2 is 1. The Kier molecular flexibility index (Phi) is 3.63. The van der Waals surface area contributed by atoms with Crippen molar-refractivity contribution in [3.63, 3.8) is 0 Å². The molecule has 2 unspecified atom stereocenters. The molecule has 0 bridgehead atoms. The SMILES string of the molecule is Cc1cccc2c1C(=O)N(c1ccccc1)C(C(C)N=O)N2. The summed E-state index contributed by atoms with van der Waals surface area (Å²) in [5, 5.41) is 6.39. The van der Waals surface area contributed by atoms with Crippen LogP contribution in [-0.2, 0) is 0 Å². The minimum atomic E-state index is -0.571. The Bertz CT molecular complexity index is 715. The van der Waals surface area contributed by atoms with E-state index in [-0.39, 0.29) is 5.91 Å². The van der Waals surface area contributed by atoms with E-state index in [1.165, 1.54) is 0 Å². The van der Waals surface area contributed by atoms with E-state index in [1.54, 1.807) is 11.8 Å². The largest absolute Gasteiger partial charge is 0.362 e. The van der Waals surface area contributed by atoms with Crippen LogP contribution in [0.1, 0.15) is 22.8 Å². The van der Waals surface area contributed by atoms with Gasteiger partial charge in [-0.25, -0.2) is 0 Å². The van der Waals surface area contributed by atoms with Crippen molar-refractivity contribution in [2.45, 2.75) is 26.1 Å². The third-order valence-electron chi connectivity index (χ3n) is 3.94. The van der Waals surface area contributed by atoms with Gasteiger partial charge in [0.05, 0.1) is 5.56 Å². The van der Waals surface area contributed by atoms with Gasteiger partial charge in [-0.2, -0.15) is 4.91 Å². The molecule has 0 radical (unpaired) electrons. The van der Waals surface area contributed by atoms with Crippen molar-refractivity contribution in [2.24, 2.45) is 5.18 Å². The lowest BCUT2D eigenvalue weighted by Gasteiger charge is -2.39. The molecule has 0 spiro atoms. The molecule has 1 amide bonds. The standard InChI is InChI=1S/C17H17N3O2/c1-11-7-6-10-14-15(11)17(21)20(13-8-4-3-5-9-13)16(18-14)12(2)19-22/h3-10,12,16,18H,1-2H3. The normalized spacial score (nSPS) is 18.4. The van der Waals surface area contributed by atoms with Crippen molar-refractivity contribution < 1.29 is 4.79 Å². The van der Waals surface area contributed by atoms with Crippen LogP contribution in [0.25, 0.3) is 0 Å². The monoisotopic (exact) mass is 295 g/mol. The number of para-hydroxylation sites is 1. The Morgan fingerprint density at radius 3 is 2.55 bits per heavy atom. The molecule has 0 saturated carbocycles. The summed E-state index contributed by atoms with van der Waals surface area (Å²) in [4.78, 5) is 25.7. The van der Waals surface area contributed by atoms with E-state index in [2.05, 4.69) is 10.5 Å². The summed E-state index contributed by atoms with van der Waals surface area (Å²) in [6.07, 6.45) is -0.498. The highest BCUT2D eigenvalue weighted by molar-refractivity contribution is 6.13. The zero-order valence-corrected chi connectivity index (χ0v) is 12.5. The molecule has 2 aromatic rings. The van der Waals surface area contributed by atoms with Crippen molar-refractivity contribution in [1.82, 2.24) is 0 Å².